The molecule has 2 fully saturated rings. The standard InChI is InChI=1S/C18H29N3O3S/c1-2-24-17-5-7-18(8-6-17)25(22,23)21(16-9-10-19-15-16)14-13-20-11-3-4-12-20/h5-8,16,19H,2-4,9-15H2,1H3. The average molecular weight is 368 g/mol. The number of hydrogen-bond donors (Lipinski definition) is 1. The van der Waals surface area contributed by atoms with Crippen molar-refractivity contribution in [2.45, 2.75) is 37.1 Å². The molecule has 0 saturated carbocycles. The highest BCUT2D eigenvalue weighted by atomic mass is 32.2. The lowest BCUT2D eigenvalue weighted by atomic mass is 10.2. The second kappa shape index (κ2) is 8.49. The summed E-state index contributed by atoms with van der Waals surface area (Å²) >= 11 is 0. The Morgan fingerprint density at radius 3 is 2.56 bits per heavy atom. The van der Waals surface area contributed by atoms with Gasteiger partial charge in [-0.2, -0.15) is 4.31 Å². The van der Waals surface area contributed by atoms with Crippen molar-refractivity contribution in [1.29, 1.82) is 0 Å². The van der Waals surface area contributed by atoms with Crippen LogP contribution in [0.2, 0.25) is 0 Å². The van der Waals surface area contributed by atoms with Crippen LogP contribution in [0.25, 0.3) is 0 Å². The Morgan fingerprint density at radius 1 is 1.24 bits per heavy atom. The molecule has 6 nitrogen and oxygen atoms in total. The van der Waals surface area contributed by atoms with Gasteiger partial charge in [-0.05, 0) is 70.1 Å². The molecule has 140 valence electrons. The summed E-state index contributed by atoms with van der Waals surface area (Å²) < 4.78 is 33.6. The van der Waals surface area contributed by atoms with E-state index in [0.29, 0.717) is 23.8 Å². The second-order valence-corrected chi connectivity index (χ2v) is 8.61. The zero-order valence-electron chi connectivity index (χ0n) is 15.0. The Hall–Kier alpha value is -1.15. The van der Waals surface area contributed by atoms with Gasteiger partial charge in [-0.15, -0.1) is 0 Å². The minimum absolute atomic E-state index is 0.0409. The fourth-order valence-electron chi connectivity index (χ4n) is 3.64. The quantitative estimate of drug-likeness (QED) is 0.755. The van der Waals surface area contributed by atoms with Crippen molar-refractivity contribution in [3.8, 4) is 5.75 Å². The average Bonchev–Trinajstić information content (AvgIpc) is 3.29. The fraction of sp³-hybridized carbons (Fsp3) is 0.667. The van der Waals surface area contributed by atoms with Crippen molar-refractivity contribution in [2.24, 2.45) is 0 Å². The highest BCUT2D eigenvalue weighted by Crippen LogP contribution is 2.23. The van der Waals surface area contributed by atoms with E-state index >= 15 is 0 Å². The summed E-state index contributed by atoms with van der Waals surface area (Å²) in [7, 11) is -3.50. The molecule has 1 unspecified atom stereocenters. The Kier molecular flexibility index (Phi) is 6.33. The van der Waals surface area contributed by atoms with Gasteiger partial charge in [-0.1, -0.05) is 0 Å². The van der Waals surface area contributed by atoms with Crippen LogP contribution in [-0.2, 0) is 10.0 Å². The van der Waals surface area contributed by atoms with E-state index in [0.717, 1.165) is 39.1 Å². The Bertz CT molecular complexity index is 636. The van der Waals surface area contributed by atoms with Crippen LogP contribution in [0.3, 0.4) is 0 Å². The predicted octanol–water partition coefficient (Wildman–Crippen LogP) is 1.53. The molecule has 7 heteroatoms. The smallest absolute Gasteiger partial charge is 0.243 e. The molecular weight excluding hydrogens is 338 g/mol. The van der Waals surface area contributed by atoms with E-state index in [1.54, 1.807) is 28.6 Å². The monoisotopic (exact) mass is 367 g/mol. The summed E-state index contributed by atoms with van der Waals surface area (Å²) in [5.41, 5.74) is 0. The largest absolute Gasteiger partial charge is 0.494 e. The van der Waals surface area contributed by atoms with Crippen molar-refractivity contribution in [1.82, 2.24) is 14.5 Å². The number of rotatable bonds is 8. The summed E-state index contributed by atoms with van der Waals surface area (Å²) in [6.45, 7) is 7.63. The molecule has 3 rings (SSSR count). The first kappa shape index (κ1) is 18.6. The van der Waals surface area contributed by atoms with Gasteiger partial charge in [0.1, 0.15) is 5.75 Å². The van der Waals surface area contributed by atoms with Gasteiger partial charge < -0.3 is 15.0 Å². The van der Waals surface area contributed by atoms with Gasteiger partial charge in [-0.25, -0.2) is 8.42 Å². The summed E-state index contributed by atoms with van der Waals surface area (Å²) in [6.07, 6.45) is 3.31. The zero-order chi connectivity index (χ0) is 17.7. The van der Waals surface area contributed by atoms with Crippen LogP contribution in [0.15, 0.2) is 29.2 Å². The van der Waals surface area contributed by atoms with Crippen molar-refractivity contribution in [3.63, 3.8) is 0 Å². The third-order valence-corrected chi connectivity index (χ3v) is 6.98. The molecule has 1 N–H and O–H groups in total. The third kappa shape index (κ3) is 4.53. The van der Waals surface area contributed by atoms with Crippen LogP contribution in [0.1, 0.15) is 26.2 Å². The number of nitrogens with zero attached hydrogens (tertiary/aromatic N) is 2. The summed E-state index contributed by atoms with van der Waals surface area (Å²) in [5.74, 6) is 0.701. The van der Waals surface area contributed by atoms with E-state index in [2.05, 4.69) is 10.2 Å². The molecule has 2 saturated heterocycles. The number of sulfonamides is 1. The number of ether oxygens (including phenoxy) is 1. The van der Waals surface area contributed by atoms with Crippen molar-refractivity contribution in [2.75, 3.05) is 45.9 Å². The Balaban J connectivity index is 1.76. The number of hydrogen-bond acceptors (Lipinski definition) is 5. The van der Waals surface area contributed by atoms with Crippen LogP contribution in [0.4, 0.5) is 0 Å². The fourth-order valence-corrected chi connectivity index (χ4v) is 5.29. The zero-order valence-corrected chi connectivity index (χ0v) is 15.8. The Labute approximate surface area is 151 Å². The molecule has 0 amide bonds. The summed E-state index contributed by atoms with van der Waals surface area (Å²) in [6, 6.07) is 6.83. The van der Waals surface area contributed by atoms with Crippen molar-refractivity contribution < 1.29 is 13.2 Å². The van der Waals surface area contributed by atoms with Crippen LogP contribution in [0.5, 0.6) is 5.75 Å². The van der Waals surface area contributed by atoms with Crippen LogP contribution >= 0.6 is 0 Å². The second-order valence-electron chi connectivity index (χ2n) is 6.72. The maximum absolute atomic E-state index is 13.2. The third-order valence-electron chi connectivity index (χ3n) is 5.02. The van der Waals surface area contributed by atoms with E-state index in [9.17, 15) is 8.42 Å². The van der Waals surface area contributed by atoms with E-state index in [1.165, 1.54) is 12.8 Å². The Morgan fingerprint density at radius 2 is 1.96 bits per heavy atom. The van der Waals surface area contributed by atoms with Crippen LogP contribution in [-0.4, -0.2) is 69.5 Å². The lowest BCUT2D eigenvalue weighted by Crippen LogP contribution is -2.45. The first-order valence-corrected chi connectivity index (χ1v) is 10.7. The lowest BCUT2D eigenvalue weighted by Gasteiger charge is -2.29. The van der Waals surface area contributed by atoms with Gasteiger partial charge in [0.2, 0.25) is 10.0 Å². The topological polar surface area (TPSA) is 61.9 Å². The lowest BCUT2D eigenvalue weighted by molar-refractivity contribution is 0.265. The highest BCUT2D eigenvalue weighted by Gasteiger charge is 2.33. The van der Waals surface area contributed by atoms with Crippen LogP contribution < -0.4 is 10.1 Å². The van der Waals surface area contributed by atoms with Gasteiger partial charge in [0.05, 0.1) is 11.5 Å². The molecule has 0 bridgehead atoms. The molecule has 25 heavy (non-hydrogen) atoms. The summed E-state index contributed by atoms with van der Waals surface area (Å²) in [5, 5.41) is 3.29. The van der Waals surface area contributed by atoms with Crippen molar-refractivity contribution in [3.05, 3.63) is 24.3 Å². The molecule has 2 aliphatic heterocycles. The molecule has 1 aromatic carbocycles. The van der Waals surface area contributed by atoms with Gasteiger partial charge >= 0.3 is 0 Å². The molecule has 1 atom stereocenters. The molecule has 2 heterocycles. The summed E-state index contributed by atoms with van der Waals surface area (Å²) in [4.78, 5) is 2.72. The maximum Gasteiger partial charge on any atom is 0.243 e. The van der Waals surface area contributed by atoms with E-state index in [1.807, 2.05) is 6.92 Å². The van der Waals surface area contributed by atoms with Crippen molar-refractivity contribution >= 4 is 10.0 Å². The van der Waals surface area contributed by atoms with E-state index < -0.39 is 10.0 Å². The molecule has 0 aromatic heterocycles. The highest BCUT2D eigenvalue weighted by molar-refractivity contribution is 7.89. The van der Waals surface area contributed by atoms with Gasteiger partial charge in [-0.3, -0.25) is 0 Å². The maximum atomic E-state index is 13.2. The minimum atomic E-state index is -3.50. The SMILES string of the molecule is CCOc1ccc(S(=O)(=O)N(CCN2CCCC2)C2CCNC2)cc1. The van der Waals surface area contributed by atoms with Crippen LogP contribution in [0, 0.1) is 0 Å². The number of likely N-dealkylation sites (tertiary alicyclic amines) is 1. The van der Waals surface area contributed by atoms with Gasteiger partial charge in [0.25, 0.3) is 0 Å². The predicted molar refractivity (Wildman–Crippen MR) is 98.5 cm³/mol. The van der Waals surface area contributed by atoms with Gasteiger partial charge in [0.15, 0.2) is 0 Å². The van der Waals surface area contributed by atoms with E-state index in [4.69, 9.17) is 4.74 Å². The molecule has 2 aliphatic rings. The molecular formula is C18H29N3O3S. The number of nitrogens with one attached hydrogen (secondary N) is 1. The minimum Gasteiger partial charge on any atom is -0.494 e. The van der Waals surface area contributed by atoms with E-state index in [-0.39, 0.29) is 6.04 Å². The molecule has 0 spiro atoms. The normalized spacial score (nSPS) is 21.9. The molecule has 0 radical (unpaired) electrons. The molecule has 0 aliphatic carbocycles. The first-order valence-electron chi connectivity index (χ1n) is 9.29. The molecule has 1 aromatic rings. The first-order chi connectivity index (χ1) is 12.1. The number of benzene rings is 1. The van der Waals surface area contributed by atoms with Gasteiger partial charge in [0, 0.05) is 25.7 Å².